The number of fused-ring (bicyclic) bond motifs is 1. The SMILES string of the molecule is O=C([C@@H]1CCc2cn[nH]c2C1)N(Cc1ccccc1)C[C@@H]1CCCO1. The average molecular weight is 339 g/mol. The quantitative estimate of drug-likeness (QED) is 0.911. The molecule has 1 aliphatic carbocycles. The minimum atomic E-state index is 0.0399. The Hall–Kier alpha value is -2.14. The number of carbonyl (C=O) groups is 1. The zero-order chi connectivity index (χ0) is 17.1. The zero-order valence-electron chi connectivity index (χ0n) is 14.5. The van der Waals surface area contributed by atoms with Crippen LogP contribution in [0.4, 0.5) is 0 Å². The molecular formula is C20H25N3O2. The first-order valence-electron chi connectivity index (χ1n) is 9.25. The van der Waals surface area contributed by atoms with Crippen molar-refractivity contribution in [3.8, 4) is 0 Å². The van der Waals surface area contributed by atoms with E-state index in [1.54, 1.807) is 0 Å². The molecule has 1 aromatic carbocycles. The Morgan fingerprint density at radius 1 is 1.28 bits per heavy atom. The van der Waals surface area contributed by atoms with E-state index < -0.39 is 0 Å². The summed E-state index contributed by atoms with van der Waals surface area (Å²) in [7, 11) is 0. The van der Waals surface area contributed by atoms with Crippen LogP contribution >= 0.6 is 0 Å². The second kappa shape index (κ2) is 7.40. The molecule has 0 saturated carbocycles. The summed E-state index contributed by atoms with van der Waals surface area (Å²) in [6.07, 6.45) is 6.82. The summed E-state index contributed by atoms with van der Waals surface area (Å²) in [5.41, 5.74) is 3.56. The third kappa shape index (κ3) is 3.76. The zero-order valence-corrected chi connectivity index (χ0v) is 14.5. The lowest BCUT2D eigenvalue weighted by Gasteiger charge is -2.31. The van der Waals surface area contributed by atoms with Gasteiger partial charge in [-0.2, -0.15) is 5.10 Å². The van der Waals surface area contributed by atoms with Gasteiger partial charge in [0.2, 0.25) is 5.91 Å². The summed E-state index contributed by atoms with van der Waals surface area (Å²) >= 11 is 0. The van der Waals surface area contributed by atoms with Gasteiger partial charge in [0.25, 0.3) is 0 Å². The van der Waals surface area contributed by atoms with Gasteiger partial charge in [-0.1, -0.05) is 30.3 Å². The molecule has 2 aromatic rings. The van der Waals surface area contributed by atoms with Crippen LogP contribution in [0, 0.1) is 5.92 Å². The predicted octanol–water partition coefficient (Wildman–Crippen LogP) is 2.72. The number of ether oxygens (including phenoxy) is 1. The van der Waals surface area contributed by atoms with Gasteiger partial charge < -0.3 is 9.64 Å². The number of nitrogens with zero attached hydrogens (tertiary/aromatic N) is 2. The largest absolute Gasteiger partial charge is 0.376 e. The number of aromatic amines is 1. The highest BCUT2D eigenvalue weighted by Gasteiger charge is 2.31. The Morgan fingerprint density at radius 2 is 2.16 bits per heavy atom. The van der Waals surface area contributed by atoms with Gasteiger partial charge in [0, 0.05) is 37.7 Å². The van der Waals surface area contributed by atoms with E-state index in [2.05, 4.69) is 22.3 Å². The molecule has 0 radical (unpaired) electrons. The molecule has 1 fully saturated rings. The van der Waals surface area contributed by atoms with Gasteiger partial charge in [0.15, 0.2) is 0 Å². The number of amides is 1. The molecule has 1 aromatic heterocycles. The van der Waals surface area contributed by atoms with E-state index in [1.807, 2.05) is 29.3 Å². The van der Waals surface area contributed by atoms with Gasteiger partial charge in [-0.05, 0) is 36.8 Å². The van der Waals surface area contributed by atoms with Crippen LogP contribution in [0.15, 0.2) is 36.5 Å². The van der Waals surface area contributed by atoms with Gasteiger partial charge in [-0.25, -0.2) is 0 Å². The molecule has 4 rings (SSSR count). The maximum Gasteiger partial charge on any atom is 0.226 e. The van der Waals surface area contributed by atoms with Crippen molar-refractivity contribution in [1.82, 2.24) is 15.1 Å². The summed E-state index contributed by atoms with van der Waals surface area (Å²) < 4.78 is 5.79. The monoisotopic (exact) mass is 339 g/mol. The van der Waals surface area contributed by atoms with Crippen LogP contribution in [0.3, 0.4) is 0 Å². The first-order chi connectivity index (χ1) is 12.3. The van der Waals surface area contributed by atoms with Crippen molar-refractivity contribution in [2.75, 3.05) is 13.2 Å². The second-order valence-electron chi connectivity index (χ2n) is 7.15. The van der Waals surface area contributed by atoms with E-state index in [0.29, 0.717) is 13.1 Å². The Labute approximate surface area is 148 Å². The number of carbonyl (C=O) groups excluding carboxylic acids is 1. The van der Waals surface area contributed by atoms with Crippen LogP contribution < -0.4 is 0 Å². The summed E-state index contributed by atoms with van der Waals surface area (Å²) in [6, 6.07) is 10.2. The van der Waals surface area contributed by atoms with Gasteiger partial charge in [0.05, 0.1) is 12.3 Å². The molecular weight excluding hydrogens is 314 g/mol. The summed E-state index contributed by atoms with van der Waals surface area (Å²) in [6.45, 7) is 2.17. The van der Waals surface area contributed by atoms with Crippen molar-refractivity contribution in [2.45, 2.75) is 44.8 Å². The maximum absolute atomic E-state index is 13.3. The number of nitrogens with one attached hydrogen (secondary N) is 1. The molecule has 2 atom stereocenters. The lowest BCUT2D eigenvalue weighted by atomic mass is 9.87. The van der Waals surface area contributed by atoms with E-state index in [-0.39, 0.29) is 17.9 Å². The van der Waals surface area contributed by atoms with Crippen molar-refractivity contribution in [2.24, 2.45) is 5.92 Å². The number of H-pyrrole nitrogens is 1. The fourth-order valence-electron chi connectivity index (χ4n) is 3.95. The van der Waals surface area contributed by atoms with Gasteiger partial charge >= 0.3 is 0 Å². The Balaban J connectivity index is 1.49. The van der Waals surface area contributed by atoms with E-state index in [4.69, 9.17) is 4.74 Å². The minimum Gasteiger partial charge on any atom is -0.376 e. The first-order valence-corrected chi connectivity index (χ1v) is 9.25. The third-order valence-electron chi connectivity index (χ3n) is 5.35. The smallest absolute Gasteiger partial charge is 0.226 e. The summed E-state index contributed by atoms with van der Waals surface area (Å²) in [5, 5.41) is 7.18. The molecule has 1 N–H and O–H groups in total. The highest BCUT2D eigenvalue weighted by atomic mass is 16.5. The van der Waals surface area contributed by atoms with Gasteiger partial charge in [0.1, 0.15) is 0 Å². The third-order valence-corrected chi connectivity index (χ3v) is 5.35. The molecule has 132 valence electrons. The van der Waals surface area contributed by atoms with E-state index in [9.17, 15) is 4.79 Å². The van der Waals surface area contributed by atoms with Crippen LogP contribution in [-0.2, 0) is 28.9 Å². The Morgan fingerprint density at radius 3 is 2.96 bits per heavy atom. The van der Waals surface area contributed by atoms with Crippen LogP contribution in [0.1, 0.15) is 36.1 Å². The normalized spacial score (nSPS) is 22.6. The van der Waals surface area contributed by atoms with Crippen molar-refractivity contribution in [1.29, 1.82) is 0 Å². The number of aromatic nitrogens is 2. The number of rotatable bonds is 5. The molecule has 1 aliphatic heterocycles. The molecule has 1 saturated heterocycles. The van der Waals surface area contributed by atoms with E-state index in [1.165, 1.54) is 11.1 Å². The molecule has 2 heterocycles. The molecule has 1 amide bonds. The van der Waals surface area contributed by atoms with E-state index in [0.717, 1.165) is 44.4 Å². The molecule has 2 aliphatic rings. The van der Waals surface area contributed by atoms with E-state index >= 15 is 0 Å². The lowest BCUT2D eigenvalue weighted by Crippen LogP contribution is -2.42. The molecule has 5 nitrogen and oxygen atoms in total. The fraction of sp³-hybridized carbons (Fsp3) is 0.500. The molecule has 0 spiro atoms. The molecule has 25 heavy (non-hydrogen) atoms. The van der Waals surface area contributed by atoms with Crippen LogP contribution in [0.5, 0.6) is 0 Å². The number of hydrogen-bond donors (Lipinski definition) is 1. The van der Waals surface area contributed by atoms with Crippen LogP contribution in [-0.4, -0.2) is 40.3 Å². The lowest BCUT2D eigenvalue weighted by molar-refractivity contribution is -0.138. The van der Waals surface area contributed by atoms with Crippen molar-refractivity contribution in [3.05, 3.63) is 53.3 Å². The number of aryl methyl sites for hydroxylation is 1. The molecule has 5 heteroatoms. The van der Waals surface area contributed by atoms with Crippen LogP contribution in [0.2, 0.25) is 0 Å². The van der Waals surface area contributed by atoms with Gasteiger partial charge in [-0.15, -0.1) is 0 Å². The summed E-state index contributed by atoms with van der Waals surface area (Å²) in [4.78, 5) is 15.3. The van der Waals surface area contributed by atoms with Crippen molar-refractivity contribution in [3.63, 3.8) is 0 Å². The minimum absolute atomic E-state index is 0.0399. The fourth-order valence-corrected chi connectivity index (χ4v) is 3.95. The van der Waals surface area contributed by atoms with Crippen molar-refractivity contribution < 1.29 is 9.53 Å². The number of hydrogen-bond acceptors (Lipinski definition) is 3. The standard InChI is InChI=1S/C20H25N3O2/c24-20(16-8-9-17-12-21-22-19(17)11-16)23(14-18-7-4-10-25-18)13-15-5-2-1-3-6-15/h1-3,5-6,12,16,18H,4,7-11,13-14H2,(H,21,22)/t16-,18+/m1/s1. The Kier molecular flexibility index (Phi) is 4.83. The first kappa shape index (κ1) is 16.3. The maximum atomic E-state index is 13.3. The number of benzene rings is 1. The summed E-state index contributed by atoms with van der Waals surface area (Å²) in [5.74, 6) is 0.290. The topological polar surface area (TPSA) is 58.2 Å². The predicted molar refractivity (Wildman–Crippen MR) is 94.9 cm³/mol. The highest BCUT2D eigenvalue weighted by Crippen LogP contribution is 2.26. The average Bonchev–Trinajstić information content (AvgIpc) is 3.32. The molecule has 0 bridgehead atoms. The van der Waals surface area contributed by atoms with Crippen LogP contribution in [0.25, 0.3) is 0 Å². The second-order valence-corrected chi connectivity index (χ2v) is 7.15. The highest BCUT2D eigenvalue weighted by molar-refractivity contribution is 5.79. The molecule has 0 unspecified atom stereocenters. The van der Waals surface area contributed by atoms with Crippen molar-refractivity contribution >= 4 is 5.91 Å². The Bertz CT molecular complexity index is 707. The van der Waals surface area contributed by atoms with Gasteiger partial charge in [-0.3, -0.25) is 9.89 Å².